The molecule has 1 N–H and O–H groups in total. The number of methoxy groups -OCH3 is 2. The molecule has 2 aliphatic heterocycles. The van der Waals surface area contributed by atoms with Crippen molar-refractivity contribution in [1.29, 1.82) is 5.26 Å². The Morgan fingerprint density at radius 3 is 2.06 bits per heavy atom. The standard InChI is InChI=1S/C40H47N4O9P/c1-27(2)44(28(3)4)54(51-24-10-22-41)53-36-35-37(43-23-21-34(45)42-38(43)46)52-39(36,25-49-35)26-50-40(29-11-8-7-9-12-29,30-13-17-32(47-5)18-14-30)31-15-19-33(48-6)20-16-31/h7-9,11-21,23,27-28,35-37H,10,24-26H2,1-6H3,(H,42,45,46)/t35?,36?,37?,39-,54?/m1/s1. The monoisotopic (exact) mass is 758 g/mol. The van der Waals surface area contributed by atoms with E-state index in [1.807, 2.05) is 78.9 Å². The summed E-state index contributed by atoms with van der Waals surface area (Å²) in [6.07, 6.45) is -0.968. The molecule has 54 heavy (non-hydrogen) atoms. The Bertz CT molecular complexity index is 1940. The maximum atomic E-state index is 13.2. The molecule has 0 radical (unpaired) electrons. The summed E-state index contributed by atoms with van der Waals surface area (Å²) in [4.78, 5) is 27.6. The van der Waals surface area contributed by atoms with Gasteiger partial charge in [0.1, 0.15) is 34.9 Å². The van der Waals surface area contributed by atoms with E-state index in [4.69, 9.17) is 32.7 Å². The van der Waals surface area contributed by atoms with E-state index in [0.29, 0.717) is 11.5 Å². The van der Waals surface area contributed by atoms with E-state index < -0.39 is 49.4 Å². The molecule has 0 spiro atoms. The largest absolute Gasteiger partial charge is 0.497 e. The minimum atomic E-state index is -1.76. The molecule has 3 heterocycles. The van der Waals surface area contributed by atoms with E-state index in [2.05, 4.69) is 43.4 Å². The zero-order chi connectivity index (χ0) is 38.5. The molecule has 4 aromatic rings. The smallest absolute Gasteiger partial charge is 0.330 e. The first-order chi connectivity index (χ1) is 26.1. The molecule has 2 fully saturated rings. The van der Waals surface area contributed by atoms with Crippen molar-refractivity contribution in [2.24, 2.45) is 0 Å². The lowest BCUT2D eigenvalue weighted by Crippen LogP contribution is -2.49. The molecule has 286 valence electrons. The highest BCUT2D eigenvalue weighted by Gasteiger charge is 2.65. The predicted octanol–water partition coefficient (Wildman–Crippen LogP) is 5.89. The molecule has 2 saturated heterocycles. The quantitative estimate of drug-likeness (QED) is 0.0782. The van der Waals surface area contributed by atoms with E-state index >= 15 is 0 Å². The van der Waals surface area contributed by atoms with Crippen LogP contribution in [0.25, 0.3) is 0 Å². The predicted molar refractivity (Wildman–Crippen MR) is 202 cm³/mol. The molecule has 14 heteroatoms. The Morgan fingerprint density at radius 2 is 1.52 bits per heavy atom. The van der Waals surface area contributed by atoms with Crippen LogP contribution in [0.1, 0.15) is 57.0 Å². The van der Waals surface area contributed by atoms with Crippen LogP contribution in [-0.4, -0.2) is 78.2 Å². The van der Waals surface area contributed by atoms with Crippen molar-refractivity contribution >= 4 is 8.53 Å². The van der Waals surface area contributed by atoms with Crippen LogP contribution in [0.5, 0.6) is 11.5 Å². The first-order valence-electron chi connectivity index (χ1n) is 17.9. The molecule has 2 aliphatic rings. The van der Waals surface area contributed by atoms with Gasteiger partial charge in [-0.1, -0.05) is 54.6 Å². The number of nitrogens with one attached hydrogen (secondary N) is 1. The lowest BCUT2D eigenvalue weighted by Gasteiger charge is -2.41. The molecule has 0 aliphatic carbocycles. The van der Waals surface area contributed by atoms with E-state index in [-0.39, 0.29) is 38.3 Å². The van der Waals surface area contributed by atoms with Crippen LogP contribution in [0, 0.1) is 11.3 Å². The van der Waals surface area contributed by atoms with E-state index in [0.717, 1.165) is 16.7 Å². The number of hydrogen-bond donors (Lipinski definition) is 1. The summed E-state index contributed by atoms with van der Waals surface area (Å²) in [5.41, 5.74) is -1.13. The zero-order valence-corrected chi connectivity index (χ0v) is 32.2. The molecule has 4 unspecified atom stereocenters. The molecular weight excluding hydrogens is 711 g/mol. The van der Waals surface area contributed by atoms with Crippen LogP contribution < -0.4 is 20.7 Å². The van der Waals surface area contributed by atoms with Crippen molar-refractivity contribution in [2.45, 2.75) is 75.8 Å². The van der Waals surface area contributed by atoms with E-state index in [9.17, 15) is 14.9 Å². The van der Waals surface area contributed by atoms with Crippen LogP contribution in [0.4, 0.5) is 0 Å². The average molecular weight is 759 g/mol. The molecule has 2 bridgehead atoms. The summed E-state index contributed by atoms with van der Waals surface area (Å²) in [6, 6.07) is 28.8. The number of rotatable bonds is 17. The summed E-state index contributed by atoms with van der Waals surface area (Å²) >= 11 is 0. The zero-order valence-electron chi connectivity index (χ0n) is 31.3. The van der Waals surface area contributed by atoms with E-state index in [1.54, 1.807) is 14.2 Å². The SMILES string of the molecule is COc1ccc(C(OC[C@@]23COC(C(n4ccc(=O)[nH]c4=O)O2)C3OP(OCCC#N)N(C(C)C)C(C)C)(c2ccccc2)c2ccc(OC)cc2)cc1. The normalized spacial score (nSPS) is 21.4. The molecular formula is C40H47N4O9P. The highest BCUT2D eigenvalue weighted by atomic mass is 31.2. The van der Waals surface area contributed by atoms with Crippen LogP contribution in [-0.2, 0) is 28.9 Å². The summed E-state index contributed by atoms with van der Waals surface area (Å²) in [7, 11) is 1.48. The topological polar surface area (TPSA) is 147 Å². The van der Waals surface area contributed by atoms with Gasteiger partial charge in [-0.3, -0.25) is 14.3 Å². The summed E-state index contributed by atoms with van der Waals surface area (Å²) in [5.74, 6) is 1.37. The number of benzene rings is 3. The fourth-order valence-corrected chi connectivity index (χ4v) is 9.01. The van der Waals surface area contributed by atoms with Crippen LogP contribution in [0.3, 0.4) is 0 Å². The fourth-order valence-electron chi connectivity index (χ4n) is 7.20. The van der Waals surface area contributed by atoms with Gasteiger partial charge in [0.05, 0.1) is 46.5 Å². The number of aromatic amines is 1. The van der Waals surface area contributed by atoms with Crippen LogP contribution in [0.2, 0.25) is 0 Å². The molecule has 3 aromatic carbocycles. The van der Waals surface area contributed by atoms with Gasteiger partial charge in [0, 0.05) is 24.3 Å². The maximum Gasteiger partial charge on any atom is 0.330 e. The van der Waals surface area contributed by atoms with Crippen LogP contribution in [0.15, 0.2) is 101 Å². The van der Waals surface area contributed by atoms with Gasteiger partial charge < -0.3 is 32.7 Å². The van der Waals surface area contributed by atoms with Crippen molar-refractivity contribution < 1.29 is 32.7 Å². The third-order valence-corrected chi connectivity index (χ3v) is 11.8. The average Bonchev–Trinajstić information content (AvgIpc) is 3.66. The second kappa shape index (κ2) is 17.0. The lowest BCUT2D eigenvalue weighted by molar-refractivity contribution is -0.203. The van der Waals surface area contributed by atoms with Gasteiger partial charge >= 0.3 is 5.69 Å². The fraction of sp³-hybridized carbons (Fsp3) is 0.425. The molecule has 5 atom stereocenters. The number of ether oxygens (including phenoxy) is 5. The number of aromatic nitrogens is 2. The number of nitriles is 1. The molecule has 0 amide bonds. The first-order valence-corrected chi connectivity index (χ1v) is 19.0. The third-order valence-electron chi connectivity index (χ3n) is 9.67. The van der Waals surface area contributed by atoms with Crippen LogP contribution >= 0.6 is 8.53 Å². The second-order valence-electron chi connectivity index (χ2n) is 13.7. The van der Waals surface area contributed by atoms with Gasteiger partial charge in [0.15, 0.2) is 6.23 Å². The third kappa shape index (κ3) is 7.74. The van der Waals surface area contributed by atoms with Crippen molar-refractivity contribution in [2.75, 3.05) is 34.0 Å². The minimum absolute atomic E-state index is 0.0276. The number of fused-ring (bicyclic) bond motifs is 2. The van der Waals surface area contributed by atoms with Crippen molar-refractivity contribution in [1.82, 2.24) is 14.2 Å². The lowest BCUT2D eigenvalue weighted by atomic mass is 9.79. The number of nitrogens with zero attached hydrogens (tertiary/aromatic N) is 3. The highest BCUT2D eigenvalue weighted by molar-refractivity contribution is 7.44. The molecule has 1 aromatic heterocycles. The van der Waals surface area contributed by atoms with Gasteiger partial charge in [0.2, 0.25) is 0 Å². The van der Waals surface area contributed by atoms with Crippen molar-refractivity contribution in [3.05, 3.63) is 129 Å². The van der Waals surface area contributed by atoms with Gasteiger partial charge in [0.25, 0.3) is 14.1 Å². The number of H-pyrrole nitrogens is 1. The highest BCUT2D eigenvalue weighted by Crippen LogP contribution is 2.56. The Hall–Kier alpha value is -4.38. The first kappa shape index (κ1) is 39.3. The Kier molecular flexibility index (Phi) is 12.4. The van der Waals surface area contributed by atoms with Gasteiger partial charge in [-0.25, -0.2) is 9.46 Å². The maximum absolute atomic E-state index is 13.2. The molecule has 13 nitrogen and oxygen atoms in total. The summed E-state index contributed by atoms with van der Waals surface area (Å²) in [6.45, 7) is 8.42. The van der Waals surface area contributed by atoms with Crippen molar-refractivity contribution in [3.8, 4) is 17.6 Å². The Balaban J connectivity index is 1.48. The summed E-state index contributed by atoms with van der Waals surface area (Å²) < 4.78 is 48.5. The molecule has 6 rings (SSSR count). The van der Waals surface area contributed by atoms with E-state index in [1.165, 1.54) is 16.8 Å². The van der Waals surface area contributed by atoms with Gasteiger partial charge in [-0.2, -0.15) is 5.26 Å². The molecule has 0 saturated carbocycles. The Labute approximate surface area is 316 Å². The van der Waals surface area contributed by atoms with Gasteiger partial charge in [-0.05, 0) is 68.7 Å². The van der Waals surface area contributed by atoms with Gasteiger partial charge in [-0.15, -0.1) is 0 Å². The second-order valence-corrected chi connectivity index (χ2v) is 15.1. The van der Waals surface area contributed by atoms with Crippen molar-refractivity contribution in [3.63, 3.8) is 0 Å². The Morgan fingerprint density at radius 1 is 0.926 bits per heavy atom. The number of hydrogen-bond acceptors (Lipinski definition) is 11. The summed E-state index contributed by atoms with van der Waals surface area (Å²) in [5, 5.41) is 9.34. The minimum Gasteiger partial charge on any atom is -0.497 e.